The maximum atomic E-state index is 9.61. The minimum absolute atomic E-state index is 0.283. The Morgan fingerprint density at radius 1 is 1.33 bits per heavy atom. The van der Waals surface area contributed by atoms with Crippen molar-refractivity contribution in [3.8, 4) is 0 Å². The van der Waals surface area contributed by atoms with Crippen molar-refractivity contribution >= 4 is 0 Å². The molecule has 3 nitrogen and oxygen atoms in total. The minimum atomic E-state index is -0.330. The molecule has 1 heterocycles. The summed E-state index contributed by atoms with van der Waals surface area (Å²) in [5, 5.41) is 18.2. The molecule has 0 aliphatic rings. The summed E-state index contributed by atoms with van der Waals surface area (Å²) in [5.74, 6) is 0. The Kier molecular flexibility index (Phi) is 5.43. The van der Waals surface area contributed by atoms with Gasteiger partial charge < -0.3 is 14.8 Å². The van der Waals surface area contributed by atoms with Crippen LogP contribution in [0.4, 0.5) is 0 Å². The largest absolute Gasteiger partial charge is 0.396 e. The molecule has 0 aliphatic heterocycles. The third-order valence-corrected chi connectivity index (χ3v) is 2.62. The molecular weight excluding hydrogens is 190 g/mol. The summed E-state index contributed by atoms with van der Waals surface area (Å²) >= 11 is 0. The first-order valence-corrected chi connectivity index (χ1v) is 5.72. The van der Waals surface area contributed by atoms with Gasteiger partial charge in [-0.25, -0.2) is 0 Å². The van der Waals surface area contributed by atoms with Crippen LogP contribution in [0.3, 0.4) is 0 Å². The number of hydrogen-bond donors (Lipinski definition) is 2. The van der Waals surface area contributed by atoms with Crippen molar-refractivity contribution in [2.24, 2.45) is 0 Å². The van der Waals surface area contributed by atoms with E-state index in [1.807, 2.05) is 25.4 Å². The van der Waals surface area contributed by atoms with Crippen LogP contribution < -0.4 is 0 Å². The molecule has 1 aromatic heterocycles. The van der Waals surface area contributed by atoms with Gasteiger partial charge in [0.25, 0.3) is 0 Å². The number of aromatic nitrogens is 1. The second-order valence-corrected chi connectivity index (χ2v) is 3.89. The Morgan fingerprint density at radius 3 is 2.80 bits per heavy atom. The van der Waals surface area contributed by atoms with E-state index in [1.165, 1.54) is 0 Å². The molecule has 0 bridgehead atoms. The topological polar surface area (TPSA) is 45.4 Å². The Morgan fingerprint density at radius 2 is 2.13 bits per heavy atom. The smallest absolute Gasteiger partial charge is 0.0802 e. The van der Waals surface area contributed by atoms with Gasteiger partial charge in [-0.1, -0.05) is 6.92 Å². The van der Waals surface area contributed by atoms with Gasteiger partial charge in [0.2, 0.25) is 0 Å². The zero-order chi connectivity index (χ0) is 11.1. The van der Waals surface area contributed by atoms with Crippen LogP contribution in [-0.2, 0) is 6.54 Å². The Bertz CT molecular complexity index is 270. The second kappa shape index (κ2) is 6.64. The van der Waals surface area contributed by atoms with Gasteiger partial charge in [-0.3, -0.25) is 0 Å². The number of aliphatic hydroxyl groups is 2. The molecule has 86 valence electrons. The summed E-state index contributed by atoms with van der Waals surface area (Å²) in [5.41, 5.74) is 1.000. The highest BCUT2D eigenvalue weighted by atomic mass is 16.3. The molecule has 15 heavy (non-hydrogen) atoms. The quantitative estimate of drug-likeness (QED) is 0.678. The molecule has 0 aromatic carbocycles. The van der Waals surface area contributed by atoms with Crippen molar-refractivity contribution in [2.75, 3.05) is 6.61 Å². The number of aryl methyl sites for hydroxylation is 1. The molecular formula is C12H21NO2. The van der Waals surface area contributed by atoms with Crippen LogP contribution in [0.2, 0.25) is 0 Å². The summed E-state index contributed by atoms with van der Waals surface area (Å²) in [4.78, 5) is 0. The summed E-state index contributed by atoms with van der Waals surface area (Å²) in [6, 6.07) is 1.97. The van der Waals surface area contributed by atoms with Gasteiger partial charge in [0.05, 0.1) is 6.10 Å². The molecule has 0 fully saturated rings. The normalized spacial score (nSPS) is 13.0. The van der Waals surface area contributed by atoms with Crippen LogP contribution in [0, 0.1) is 0 Å². The van der Waals surface area contributed by atoms with Gasteiger partial charge in [-0.05, 0) is 37.3 Å². The van der Waals surface area contributed by atoms with Crippen LogP contribution in [0.15, 0.2) is 18.5 Å². The third-order valence-electron chi connectivity index (χ3n) is 2.62. The molecule has 3 heteroatoms. The third kappa shape index (κ3) is 4.06. The number of unbranched alkanes of at least 4 members (excludes halogenated alkanes) is 2. The zero-order valence-corrected chi connectivity index (χ0v) is 9.39. The Labute approximate surface area is 91.4 Å². The molecule has 1 aromatic rings. The van der Waals surface area contributed by atoms with Crippen LogP contribution in [0.1, 0.15) is 44.3 Å². The van der Waals surface area contributed by atoms with E-state index in [2.05, 4.69) is 4.57 Å². The van der Waals surface area contributed by atoms with E-state index in [1.54, 1.807) is 0 Å². The lowest BCUT2D eigenvalue weighted by Crippen LogP contribution is -1.96. The summed E-state index contributed by atoms with van der Waals surface area (Å²) in [6.45, 7) is 3.23. The minimum Gasteiger partial charge on any atom is -0.396 e. The monoisotopic (exact) mass is 211 g/mol. The van der Waals surface area contributed by atoms with Crippen molar-refractivity contribution < 1.29 is 10.2 Å². The van der Waals surface area contributed by atoms with Gasteiger partial charge in [-0.2, -0.15) is 0 Å². The average molecular weight is 211 g/mol. The number of nitrogens with zero attached hydrogens (tertiary/aromatic N) is 1. The first kappa shape index (κ1) is 12.3. The van der Waals surface area contributed by atoms with E-state index in [0.717, 1.165) is 37.8 Å². The van der Waals surface area contributed by atoms with Crippen molar-refractivity contribution in [1.29, 1.82) is 0 Å². The van der Waals surface area contributed by atoms with Crippen LogP contribution in [-0.4, -0.2) is 21.4 Å². The highest BCUT2D eigenvalue weighted by molar-refractivity contribution is 5.13. The van der Waals surface area contributed by atoms with E-state index < -0.39 is 0 Å². The maximum absolute atomic E-state index is 9.61. The van der Waals surface area contributed by atoms with E-state index in [-0.39, 0.29) is 12.7 Å². The standard InChI is InChI=1S/C12H21NO2/c1-2-12(15)11-6-8-13(10-11)7-4-3-5-9-14/h6,8,10,12,14-15H,2-5,7,9H2,1H3. The van der Waals surface area contributed by atoms with Gasteiger partial charge >= 0.3 is 0 Å². The van der Waals surface area contributed by atoms with Gasteiger partial charge in [0, 0.05) is 25.5 Å². The van der Waals surface area contributed by atoms with Crippen molar-refractivity contribution in [2.45, 2.75) is 45.3 Å². The molecule has 0 spiro atoms. The van der Waals surface area contributed by atoms with Crippen molar-refractivity contribution in [3.05, 3.63) is 24.0 Å². The molecule has 0 aliphatic carbocycles. The second-order valence-electron chi connectivity index (χ2n) is 3.89. The maximum Gasteiger partial charge on any atom is 0.0802 e. The summed E-state index contributed by atoms with van der Waals surface area (Å²) < 4.78 is 2.10. The molecule has 1 unspecified atom stereocenters. The summed E-state index contributed by atoms with van der Waals surface area (Å²) in [6.07, 6.45) is 7.46. The fourth-order valence-electron chi connectivity index (χ4n) is 1.61. The van der Waals surface area contributed by atoms with Crippen molar-refractivity contribution in [3.63, 3.8) is 0 Å². The fraction of sp³-hybridized carbons (Fsp3) is 0.667. The lowest BCUT2D eigenvalue weighted by Gasteiger charge is -2.04. The van der Waals surface area contributed by atoms with E-state index >= 15 is 0 Å². The first-order chi connectivity index (χ1) is 7.27. The molecule has 1 rings (SSSR count). The first-order valence-electron chi connectivity index (χ1n) is 5.72. The molecule has 1 atom stereocenters. The molecule has 0 radical (unpaired) electrons. The molecule has 0 saturated heterocycles. The number of aliphatic hydroxyl groups excluding tert-OH is 2. The Balaban J connectivity index is 2.33. The van der Waals surface area contributed by atoms with E-state index in [0.29, 0.717) is 0 Å². The highest BCUT2D eigenvalue weighted by Crippen LogP contribution is 2.16. The zero-order valence-electron chi connectivity index (χ0n) is 9.39. The average Bonchev–Trinajstić information content (AvgIpc) is 2.72. The lowest BCUT2D eigenvalue weighted by molar-refractivity contribution is 0.173. The Hall–Kier alpha value is -0.800. The number of rotatable bonds is 7. The highest BCUT2D eigenvalue weighted by Gasteiger charge is 2.05. The fourth-order valence-corrected chi connectivity index (χ4v) is 1.61. The van der Waals surface area contributed by atoms with E-state index in [9.17, 15) is 5.11 Å². The van der Waals surface area contributed by atoms with Gasteiger partial charge in [0.1, 0.15) is 0 Å². The van der Waals surface area contributed by atoms with Crippen LogP contribution in [0.5, 0.6) is 0 Å². The lowest BCUT2D eigenvalue weighted by atomic mass is 10.1. The molecule has 2 N–H and O–H groups in total. The predicted octanol–water partition coefficient (Wildman–Crippen LogP) is 2.09. The van der Waals surface area contributed by atoms with Gasteiger partial charge in [0.15, 0.2) is 0 Å². The van der Waals surface area contributed by atoms with Crippen molar-refractivity contribution in [1.82, 2.24) is 4.57 Å². The number of hydrogen-bond acceptors (Lipinski definition) is 2. The molecule has 0 amide bonds. The SMILES string of the molecule is CCC(O)c1ccn(CCCCCO)c1. The molecule has 0 saturated carbocycles. The summed E-state index contributed by atoms with van der Waals surface area (Å²) in [7, 11) is 0. The van der Waals surface area contributed by atoms with E-state index in [4.69, 9.17) is 5.11 Å². The predicted molar refractivity (Wildman–Crippen MR) is 60.6 cm³/mol. The van der Waals surface area contributed by atoms with Crippen LogP contribution >= 0.6 is 0 Å². The van der Waals surface area contributed by atoms with Crippen LogP contribution in [0.25, 0.3) is 0 Å². The van der Waals surface area contributed by atoms with Gasteiger partial charge in [-0.15, -0.1) is 0 Å².